The Morgan fingerprint density at radius 2 is 2.06 bits per heavy atom. The summed E-state index contributed by atoms with van der Waals surface area (Å²) in [5.74, 6) is 1.61. The summed E-state index contributed by atoms with van der Waals surface area (Å²) >= 11 is 9.87. The molecule has 1 heterocycles. The van der Waals surface area contributed by atoms with Crippen molar-refractivity contribution in [3.05, 3.63) is 61.6 Å². The number of ether oxygens (including phenoxy) is 2. The van der Waals surface area contributed by atoms with Crippen LogP contribution >= 0.6 is 27.5 Å². The Hall–Kier alpha value is -2.38. The molecule has 0 saturated carbocycles. The highest BCUT2D eigenvalue weighted by atomic mass is 79.9. The quantitative estimate of drug-likeness (QED) is 0.360. The maximum Gasteiger partial charge on any atom is 0.282 e. The van der Waals surface area contributed by atoms with Crippen LogP contribution in [0.4, 0.5) is 0 Å². The van der Waals surface area contributed by atoms with Gasteiger partial charge in [-0.1, -0.05) is 41.4 Å². The molecule has 1 aromatic heterocycles. The smallest absolute Gasteiger partial charge is 0.282 e. The highest BCUT2D eigenvalue weighted by Gasteiger charge is 2.15. The molecule has 3 rings (SSSR count). The minimum atomic E-state index is -0.221. The molecule has 0 N–H and O–H groups in total. The monoisotopic (exact) mass is 505 g/mol. The Bertz CT molecular complexity index is 1180. The van der Waals surface area contributed by atoms with E-state index >= 15 is 0 Å². The van der Waals surface area contributed by atoms with Gasteiger partial charge in [-0.3, -0.25) is 4.79 Å². The lowest BCUT2D eigenvalue weighted by molar-refractivity contribution is 0.208. The molecule has 0 radical (unpaired) electrons. The van der Waals surface area contributed by atoms with E-state index in [2.05, 4.69) is 26.0 Å². The molecule has 3 aromatic rings. The first kappa shape index (κ1) is 23.3. The van der Waals surface area contributed by atoms with Crippen molar-refractivity contribution in [2.75, 3.05) is 7.11 Å². The van der Waals surface area contributed by atoms with Gasteiger partial charge in [-0.05, 0) is 55.7 Å². The Morgan fingerprint density at radius 3 is 2.74 bits per heavy atom. The number of methoxy groups -OCH3 is 1. The van der Waals surface area contributed by atoms with Gasteiger partial charge in [-0.15, -0.1) is 0 Å². The molecular weight excluding hydrogens is 482 g/mol. The number of rotatable bonds is 8. The zero-order chi connectivity index (χ0) is 22.5. The van der Waals surface area contributed by atoms with E-state index in [0.717, 1.165) is 17.3 Å². The minimum absolute atomic E-state index is 0.00379. The number of benzene rings is 2. The van der Waals surface area contributed by atoms with Crippen LogP contribution in [0.15, 0.2) is 44.7 Å². The third-order valence-electron chi connectivity index (χ3n) is 4.82. The summed E-state index contributed by atoms with van der Waals surface area (Å²) in [4.78, 5) is 17.8. The second-order valence-electron chi connectivity index (χ2n) is 7.17. The Morgan fingerprint density at radius 1 is 1.29 bits per heavy atom. The first-order valence-corrected chi connectivity index (χ1v) is 11.3. The molecule has 0 unspecified atom stereocenters. The van der Waals surface area contributed by atoms with Crippen molar-refractivity contribution >= 4 is 44.6 Å². The first-order chi connectivity index (χ1) is 14.9. The summed E-state index contributed by atoms with van der Waals surface area (Å²) in [6.45, 7) is 6.04. The average molecular weight is 507 g/mol. The van der Waals surface area contributed by atoms with E-state index < -0.39 is 0 Å². The zero-order valence-electron chi connectivity index (χ0n) is 18.0. The van der Waals surface area contributed by atoms with Crippen molar-refractivity contribution in [1.29, 1.82) is 0 Å². The van der Waals surface area contributed by atoms with Gasteiger partial charge in [0.15, 0.2) is 11.5 Å². The van der Waals surface area contributed by atoms with Crippen LogP contribution in [0.1, 0.15) is 45.0 Å². The third kappa shape index (κ3) is 5.28. The van der Waals surface area contributed by atoms with Crippen molar-refractivity contribution in [3.8, 4) is 11.5 Å². The molecular formula is C23H25BrClN3O3. The Balaban J connectivity index is 2.06. The minimum Gasteiger partial charge on any atom is -0.493 e. The number of aryl methyl sites for hydroxylation is 1. The molecule has 0 spiro atoms. The standard InChI is InChI=1S/C23H25BrClN3O3/c1-5-7-21-27-19-9-8-16(24)12-17(19)23(29)28(21)26-13-15-10-18(25)22(20(11-15)30-4)31-14(3)6-2/h8-14H,5-7H2,1-4H3/t14-/m0/s1. The SMILES string of the molecule is CCCc1nc2ccc(Br)cc2c(=O)n1N=Cc1cc(Cl)c(O[C@@H](C)CC)c(OC)c1. The normalized spacial score (nSPS) is 12.5. The molecule has 0 fully saturated rings. The van der Waals surface area contributed by atoms with Crippen LogP contribution in [0, 0.1) is 0 Å². The van der Waals surface area contributed by atoms with Crippen LogP contribution < -0.4 is 15.0 Å². The van der Waals surface area contributed by atoms with E-state index in [1.165, 1.54) is 4.68 Å². The summed E-state index contributed by atoms with van der Waals surface area (Å²) < 4.78 is 13.5. The zero-order valence-corrected chi connectivity index (χ0v) is 20.3. The molecule has 2 aromatic carbocycles. The summed E-state index contributed by atoms with van der Waals surface area (Å²) in [5.41, 5.74) is 1.11. The number of hydrogen-bond donors (Lipinski definition) is 0. The fraction of sp³-hybridized carbons (Fsp3) is 0.348. The number of aromatic nitrogens is 2. The van der Waals surface area contributed by atoms with Gasteiger partial charge < -0.3 is 9.47 Å². The molecule has 0 aliphatic rings. The van der Waals surface area contributed by atoms with Crippen LogP contribution in [0.3, 0.4) is 0 Å². The molecule has 0 bridgehead atoms. The van der Waals surface area contributed by atoms with Crippen molar-refractivity contribution in [1.82, 2.24) is 9.66 Å². The maximum absolute atomic E-state index is 13.1. The molecule has 6 nitrogen and oxygen atoms in total. The molecule has 1 atom stereocenters. The fourth-order valence-corrected chi connectivity index (χ4v) is 3.66. The van der Waals surface area contributed by atoms with Crippen LogP contribution in [0.2, 0.25) is 5.02 Å². The van der Waals surface area contributed by atoms with Gasteiger partial charge in [0.25, 0.3) is 5.56 Å². The molecule has 0 amide bonds. The van der Waals surface area contributed by atoms with Gasteiger partial charge in [0.05, 0.1) is 35.4 Å². The fourth-order valence-electron chi connectivity index (χ4n) is 3.04. The van der Waals surface area contributed by atoms with E-state index in [4.69, 9.17) is 21.1 Å². The topological polar surface area (TPSA) is 65.7 Å². The Labute approximate surface area is 195 Å². The molecule has 0 aliphatic heterocycles. The van der Waals surface area contributed by atoms with Gasteiger partial charge in [-0.2, -0.15) is 9.78 Å². The summed E-state index contributed by atoms with van der Waals surface area (Å²) in [5, 5.41) is 5.36. The number of halogens is 2. The van der Waals surface area contributed by atoms with Crippen LogP contribution in [0.5, 0.6) is 11.5 Å². The molecule has 8 heteroatoms. The number of hydrogen-bond acceptors (Lipinski definition) is 5. The van der Waals surface area contributed by atoms with Gasteiger partial charge in [-0.25, -0.2) is 4.98 Å². The molecule has 164 valence electrons. The Kier molecular flexibility index (Phi) is 7.73. The van der Waals surface area contributed by atoms with E-state index in [9.17, 15) is 4.79 Å². The lowest BCUT2D eigenvalue weighted by Crippen LogP contribution is -2.22. The largest absolute Gasteiger partial charge is 0.493 e. The van der Waals surface area contributed by atoms with Gasteiger partial charge in [0.2, 0.25) is 0 Å². The summed E-state index contributed by atoms with van der Waals surface area (Å²) in [6.07, 6.45) is 3.89. The average Bonchev–Trinajstić information content (AvgIpc) is 2.75. The van der Waals surface area contributed by atoms with Crippen LogP contribution in [-0.4, -0.2) is 29.1 Å². The van der Waals surface area contributed by atoms with Crippen molar-refractivity contribution in [2.24, 2.45) is 5.10 Å². The molecule has 0 saturated heterocycles. The summed E-state index contributed by atoms with van der Waals surface area (Å²) in [7, 11) is 1.56. The predicted molar refractivity (Wildman–Crippen MR) is 129 cm³/mol. The van der Waals surface area contributed by atoms with E-state index in [1.807, 2.05) is 32.9 Å². The van der Waals surface area contributed by atoms with Crippen LogP contribution in [0.25, 0.3) is 10.9 Å². The van der Waals surface area contributed by atoms with E-state index in [-0.39, 0.29) is 11.7 Å². The van der Waals surface area contributed by atoms with E-state index in [0.29, 0.717) is 45.2 Å². The van der Waals surface area contributed by atoms with Gasteiger partial charge in [0.1, 0.15) is 5.82 Å². The first-order valence-electron chi connectivity index (χ1n) is 10.2. The highest BCUT2D eigenvalue weighted by molar-refractivity contribution is 9.10. The summed E-state index contributed by atoms with van der Waals surface area (Å²) in [6, 6.07) is 8.97. The second-order valence-corrected chi connectivity index (χ2v) is 8.49. The lowest BCUT2D eigenvalue weighted by Gasteiger charge is -2.17. The highest BCUT2D eigenvalue weighted by Crippen LogP contribution is 2.37. The second kappa shape index (κ2) is 10.3. The maximum atomic E-state index is 13.1. The molecule has 31 heavy (non-hydrogen) atoms. The predicted octanol–water partition coefficient (Wildman–Crippen LogP) is 5.83. The van der Waals surface area contributed by atoms with Crippen LogP contribution in [-0.2, 0) is 6.42 Å². The van der Waals surface area contributed by atoms with Crippen molar-refractivity contribution in [3.63, 3.8) is 0 Å². The van der Waals surface area contributed by atoms with Crippen molar-refractivity contribution in [2.45, 2.75) is 46.1 Å². The van der Waals surface area contributed by atoms with Gasteiger partial charge >= 0.3 is 0 Å². The van der Waals surface area contributed by atoms with Crippen molar-refractivity contribution < 1.29 is 9.47 Å². The number of nitrogens with zero attached hydrogens (tertiary/aromatic N) is 3. The third-order valence-corrected chi connectivity index (χ3v) is 5.59. The lowest BCUT2D eigenvalue weighted by atomic mass is 10.2. The van der Waals surface area contributed by atoms with Gasteiger partial charge in [0, 0.05) is 10.9 Å². The number of fused-ring (bicyclic) bond motifs is 1. The van der Waals surface area contributed by atoms with E-state index in [1.54, 1.807) is 31.5 Å². The molecule has 0 aliphatic carbocycles.